The second kappa shape index (κ2) is 5.18. The minimum absolute atomic E-state index is 0.116. The molecule has 1 amide bonds. The highest BCUT2D eigenvalue weighted by Crippen LogP contribution is 2.40. The van der Waals surface area contributed by atoms with Crippen LogP contribution in [0.1, 0.15) is 46.5 Å². The van der Waals surface area contributed by atoms with Gasteiger partial charge in [0.2, 0.25) is 5.91 Å². The molecule has 118 valence electrons. The van der Waals surface area contributed by atoms with Crippen LogP contribution in [0.25, 0.3) is 0 Å². The van der Waals surface area contributed by atoms with Crippen LogP contribution in [-0.2, 0) is 4.79 Å². The predicted octanol–water partition coefficient (Wildman–Crippen LogP) is 1.71. The molecule has 20 heavy (non-hydrogen) atoms. The van der Waals surface area contributed by atoms with Crippen molar-refractivity contribution in [3.8, 4) is 0 Å². The van der Waals surface area contributed by atoms with Crippen molar-refractivity contribution in [2.45, 2.75) is 63.8 Å². The van der Waals surface area contributed by atoms with E-state index in [0.717, 1.165) is 12.8 Å². The Kier molecular flexibility index (Phi) is 4.46. The number of carbonyl (C=O) groups excluding carboxylic acids is 1. The number of carbonyl (C=O) groups is 1. The molecule has 1 fully saturated rings. The molecule has 0 heterocycles. The number of halogens is 3. The van der Waals surface area contributed by atoms with Crippen LogP contribution in [0.5, 0.6) is 0 Å². The van der Waals surface area contributed by atoms with E-state index in [-0.39, 0.29) is 12.0 Å². The fourth-order valence-electron chi connectivity index (χ4n) is 2.13. The van der Waals surface area contributed by atoms with Crippen LogP contribution in [-0.4, -0.2) is 34.9 Å². The summed E-state index contributed by atoms with van der Waals surface area (Å²) in [6, 6.07) is 0. The second-order valence-electron chi connectivity index (χ2n) is 6.77. The molecule has 4 N–H and O–H groups in total. The summed E-state index contributed by atoms with van der Waals surface area (Å²) in [6.07, 6.45) is -2.40. The van der Waals surface area contributed by atoms with Gasteiger partial charge in [0.1, 0.15) is 0 Å². The normalized spacial score (nSPS) is 24.8. The van der Waals surface area contributed by atoms with Gasteiger partial charge in [0, 0.05) is 6.54 Å². The summed E-state index contributed by atoms with van der Waals surface area (Å²) >= 11 is 0. The van der Waals surface area contributed by atoms with Crippen molar-refractivity contribution in [1.29, 1.82) is 0 Å². The first kappa shape index (κ1) is 17.2. The highest BCUT2D eigenvalue weighted by molar-refractivity contribution is 5.86. The third-order valence-corrected chi connectivity index (χ3v) is 4.17. The van der Waals surface area contributed by atoms with Gasteiger partial charge in [0.25, 0.3) is 0 Å². The molecular formula is C13H23F3N2O2. The lowest BCUT2D eigenvalue weighted by Gasteiger charge is -2.40. The molecule has 0 spiro atoms. The van der Waals surface area contributed by atoms with E-state index in [1.165, 1.54) is 0 Å². The smallest absolute Gasteiger partial charge is 0.388 e. The number of amides is 1. The van der Waals surface area contributed by atoms with Crippen molar-refractivity contribution in [3.63, 3.8) is 0 Å². The Bertz CT molecular complexity index is 368. The molecule has 1 atom stereocenters. The topological polar surface area (TPSA) is 75.3 Å². The Morgan fingerprint density at radius 1 is 1.25 bits per heavy atom. The first-order valence-electron chi connectivity index (χ1n) is 6.65. The minimum atomic E-state index is -4.83. The number of hydrogen-bond acceptors (Lipinski definition) is 3. The van der Waals surface area contributed by atoms with E-state index in [4.69, 9.17) is 5.73 Å². The maximum Gasteiger partial charge on any atom is 0.415 e. The lowest BCUT2D eigenvalue weighted by atomic mass is 9.71. The lowest BCUT2D eigenvalue weighted by Crippen LogP contribution is -2.63. The van der Waals surface area contributed by atoms with Gasteiger partial charge < -0.3 is 16.2 Å². The predicted molar refractivity (Wildman–Crippen MR) is 68.9 cm³/mol. The van der Waals surface area contributed by atoms with Crippen LogP contribution in [0, 0.1) is 5.41 Å². The minimum Gasteiger partial charge on any atom is -0.388 e. The van der Waals surface area contributed by atoms with Crippen molar-refractivity contribution < 1.29 is 23.1 Å². The summed E-state index contributed by atoms with van der Waals surface area (Å²) in [6.45, 7) is 4.57. The molecule has 1 aliphatic carbocycles. The molecule has 0 radical (unpaired) electrons. The molecule has 1 unspecified atom stereocenters. The molecule has 0 aromatic heterocycles. The quantitative estimate of drug-likeness (QED) is 0.742. The summed E-state index contributed by atoms with van der Waals surface area (Å²) in [5, 5.41) is 12.4. The molecule has 0 bridgehead atoms. The molecule has 1 saturated carbocycles. The summed E-state index contributed by atoms with van der Waals surface area (Å²) in [4.78, 5) is 11.6. The molecule has 0 aromatic carbocycles. The van der Waals surface area contributed by atoms with E-state index in [2.05, 4.69) is 19.2 Å². The Hall–Kier alpha value is -0.820. The van der Waals surface area contributed by atoms with Crippen molar-refractivity contribution in [2.75, 3.05) is 6.54 Å². The van der Waals surface area contributed by atoms with Gasteiger partial charge in [-0.1, -0.05) is 13.8 Å². The number of nitrogens with one attached hydrogen (secondary N) is 1. The number of nitrogens with two attached hydrogens (primary N) is 1. The molecule has 7 heteroatoms. The summed E-state index contributed by atoms with van der Waals surface area (Å²) in [5.41, 5.74) is 1.04. The van der Waals surface area contributed by atoms with Gasteiger partial charge >= 0.3 is 6.18 Å². The molecular weight excluding hydrogens is 273 g/mol. The van der Waals surface area contributed by atoms with Crippen LogP contribution < -0.4 is 11.1 Å². The van der Waals surface area contributed by atoms with Crippen molar-refractivity contribution in [2.24, 2.45) is 11.1 Å². The van der Waals surface area contributed by atoms with E-state index in [1.807, 2.05) is 0 Å². The Labute approximate surface area is 116 Å². The summed E-state index contributed by atoms with van der Waals surface area (Å²) < 4.78 is 37.8. The molecule has 0 aromatic rings. The Balaban J connectivity index is 2.58. The van der Waals surface area contributed by atoms with Crippen molar-refractivity contribution in [1.82, 2.24) is 5.32 Å². The van der Waals surface area contributed by atoms with Crippen molar-refractivity contribution in [3.05, 3.63) is 0 Å². The Morgan fingerprint density at radius 2 is 1.70 bits per heavy atom. The van der Waals surface area contributed by atoms with Gasteiger partial charge in [-0.05, 0) is 38.0 Å². The lowest BCUT2D eigenvalue weighted by molar-refractivity contribution is -0.188. The largest absolute Gasteiger partial charge is 0.415 e. The standard InChI is InChI=1S/C13H23F3N2O2/c1-10(2)4-6-12(20,7-5-10)8-18-9(19)11(3,17)13(14,15)16/h20H,4-8,17H2,1-3H3,(H,18,19). The molecule has 0 saturated heterocycles. The van der Waals surface area contributed by atoms with Crippen LogP contribution >= 0.6 is 0 Å². The van der Waals surface area contributed by atoms with Crippen LogP contribution in [0.3, 0.4) is 0 Å². The Morgan fingerprint density at radius 3 is 2.10 bits per heavy atom. The van der Waals surface area contributed by atoms with E-state index in [9.17, 15) is 23.1 Å². The number of alkyl halides is 3. The van der Waals surface area contributed by atoms with Crippen LogP contribution in [0.4, 0.5) is 13.2 Å². The van der Waals surface area contributed by atoms with Crippen molar-refractivity contribution >= 4 is 5.91 Å². The highest BCUT2D eigenvalue weighted by Gasteiger charge is 2.54. The molecule has 4 nitrogen and oxygen atoms in total. The van der Waals surface area contributed by atoms with Gasteiger partial charge in [-0.25, -0.2) is 0 Å². The number of hydrogen-bond donors (Lipinski definition) is 3. The maximum absolute atomic E-state index is 12.6. The average Bonchev–Trinajstić information content (AvgIpc) is 2.29. The average molecular weight is 296 g/mol. The number of aliphatic hydroxyl groups is 1. The zero-order chi connectivity index (χ0) is 15.8. The van der Waals surface area contributed by atoms with Gasteiger partial charge in [-0.2, -0.15) is 13.2 Å². The zero-order valence-electron chi connectivity index (χ0n) is 12.1. The summed E-state index contributed by atoms with van der Waals surface area (Å²) in [7, 11) is 0. The van der Waals surface area contributed by atoms with E-state index in [1.54, 1.807) is 0 Å². The van der Waals surface area contributed by atoms with Gasteiger partial charge in [0.05, 0.1) is 5.60 Å². The monoisotopic (exact) mass is 296 g/mol. The van der Waals surface area contributed by atoms with Gasteiger partial charge in [0.15, 0.2) is 5.54 Å². The first-order chi connectivity index (χ1) is 8.79. The van der Waals surface area contributed by atoms with E-state index >= 15 is 0 Å². The van der Waals surface area contributed by atoms with Gasteiger partial charge in [-0.15, -0.1) is 0 Å². The maximum atomic E-state index is 12.6. The molecule has 0 aliphatic heterocycles. The summed E-state index contributed by atoms with van der Waals surface area (Å²) in [5.74, 6) is -1.32. The third-order valence-electron chi connectivity index (χ3n) is 4.17. The van der Waals surface area contributed by atoms with E-state index < -0.39 is 23.2 Å². The fourth-order valence-corrected chi connectivity index (χ4v) is 2.13. The second-order valence-corrected chi connectivity index (χ2v) is 6.77. The molecule has 1 rings (SSSR count). The van der Waals surface area contributed by atoms with E-state index in [0.29, 0.717) is 19.8 Å². The van der Waals surface area contributed by atoms with Crippen LogP contribution in [0.15, 0.2) is 0 Å². The third kappa shape index (κ3) is 3.85. The van der Waals surface area contributed by atoms with Gasteiger partial charge in [-0.3, -0.25) is 4.79 Å². The highest BCUT2D eigenvalue weighted by atomic mass is 19.4. The zero-order valence-corrected chi connectivity index (χ0v) is 12.1. The van der Waals surface area contributed by atoms with Crippen LogP contribution in [0.2, 0.25) is 0 Å². The number of rotatable bonds is 3. The fraction of sp³-hybridized carbons (Fsp3) is 0.923. The molecule has 1 aliphatic rings. The first-order valence-corrected chi connectivity index (χ1v) is 6.65. The SMILES string of the molecule is CC1(C)CCC(O)(CNC(=O)C(C)(N)C(F)(F)F)CC1.